The average Bonchev–Trinajstić information content (AvgIpc) is 2.98. The number of nitrogens with one attached hydrogen (secondary N) is 1. The second-order valence-corrected chi connectivity index (χ2v) is 6.66. The quantitative estimate of drug-likeness (QED) is 0.861. The van der Waals surface area contributed by atoms with Crippen LogP contribution in [0, 0.1) is 6.92 Å². The third-order valence-electron chi connectivity index (χ3n) is 3.14. The number of thiophene rings is 1. The molecule has 2 rings (SSSR count). The van der Waals surface area contributed by atoms with Crippen LogP contribution in [-0.2, 0) is 4.79 Å². The second kappa shape index (κ2) is 7.56. The molecule has 0 spiro atoms. The van der Waals surface area contributed by atoms with Crippen molar-refractivity contribution in [2.45, 2.75) is 13.8 Å². The summed E-state index contributed by atoms with van der Waals surface area (Å²) in [6.45, 7) is 4.34. The zero-order valence-electron chi connectivity index (χ0n) is 12.4. The minimum atomic E-state index is -0.110. The number of hydrogen-bond acceptors (Lipinski definition) is 3. The van der Waals surface area contributed by atoms with Gasteiger partial charge < -0.3 is 10.2 Å². The van der Waals surface area contributed by atoms with Crippen molar-refractivity contribution in [3.63, 3.8) is 0 Å². The molecule has 4 nitrogen and oxygen atoms in total. The lowest BCUT2D eigenvalue weighted by atomic mass is 10.2. The fraction of sp³-hybridized carbons (Fsp3) is 0.250. The second-order valence-electron chi connectivity index (χ2n) is 4.86. The highest BCUT2D eigenvalue weighted by Crippen LogP contribution is 2.27. The third kappa shape index (κ3) is 4.18. The lowest BCUT2D eigenvalue weighted by Gasteiger charge is -2.23. The van der Waals surface area contributed by atoms with Crippen molar-refractivity contribution in [1.82, 2.24) is 5.32 Å². The molecule has 1 aromatic carbocycles. The predicted octanol–water partition coefficient (Wildman–Crippen LogP) is 3.60. The average molecular weight is 381 g/mol. The SMILES string of the molecule is CC(=O)N(CCNC(=O)c1cccs1)c1ccc(C)cc1Br. The topological polar surface area (TPSA) is 49.4 Å². The molecule has 1 heterocycles. The van der Waals surface area contributed by atoms with Gasteiger partial charge in [0.2, 0.25) is 5.91 Å². The van der Waals surface area contributed by atoms with E-state index >= 15 is 0 Å². The van der Waals surface area contributed by atoms with Gasteiger partial charge in [0.1, 0.15) is 0 Å². The van der Waals surface area contributed by atoms with Gasteiger partial charge in [-0.05, 0) is 52.0 Å². The predicted molar refractivity (Wildman–Crippen MR) is 93.6 cm³/mol. The zero-order chi connectivity index (χ0) is 16.1. The highest BCUT2D eigenvalue weighted by atomic mass is 79.9. The molecule has 0 aliphatic carbocycles. The van der Waals surface area contributed by atoms with Gasteiger partial charge in [-0.25, -0.2) is 0 Å². The fourth-order valence-corrected chi connectivity index (χ4v) is 3.40. The molecular formula is C16H17BrN2O2S. The summed E-state index contributed by atoms with van der Waals surface area (Å²) >= 11 is 4.89. The van der Waals surface area contributed by atoms with E-state index in [1.807, 2.05) is 36.6 Å². The van der Waals surface area contributed by atoms with Gasteiger partial charge in [0.05, 0.1) is 10.6 Å². The Morgan fingerprint density at radius 3 is 2.68 bits per heavy atom. The normalized spacial score (nSPS) is 10.3. The van der Waals surface area contributed by atoms with E-state index in [9.17, 15) is 9.59 Å². The molecule has 116 valence electrons. The number of benzene rings is 1. The molecule has 22 heavy (non-hydrogen) atoms. The van der Waals surface area contributed by atoms with Crippen LogP contribution in [0.3, 0.4) is 0 Å². The van der Waals surface area contributed by atoms with Crippen LogP contribution >= 0.6 is 27.3 Å². The lowest BCUT2D eigenvalue weighted by molar-refractivity contribution is -0.116. The molecule has 2 aromatic rings. The van der Waals surface area contributed by atoms with Crippen molar-refractivity contribution in [2.24, 2.45) is 0 Å². The summed E-state index contributed by atoms with van der Waals surface area (Å²) in [5.74, 6) is -0.170. The molecule has 0 bridgehead atoms. The lowest BCUT2D eigenvalue weighted by Crippen LogP contribution is -2.37. The number of hydrogen-bond donors (Lipinski definition) is 1. The number of nitrogens with zero attached hydrogens (tertiary/aromatic N) is 1. The standard InChI is InChI=1S/C16H17BrN2O2S/c1-11-5-6-14(13(17)10-11)19(12(2)20)8-7-18-16(21)15-4-3-9-22-15/h3-6,9-10H,7-8H2,1-2H3,(H,18,21). The number of halogens is 1. The van der Waals surface area contributed by atoms with Crippen molar-refractivity contribution in [3.8, 4) is 0 Å². The molecule has 0 fully saturated rings. The molecular weight excluding hydrogens is 364 g/mol. The Bertz CT molecular complexity index is 671. The van der Waals surface area contributed by atoms with E-state index < -0.39 is 0 Å². The van der Waals surface area contributed by atoms with Crippen molar-refractivity contribution in [1.29, 1.82) is 0 Å². The monoisotopic (exact) mass is 380 g/mol. The van der Waals surface area contributed by atoms with E-state index in [2.05, 4.69) is 21.2 Å². The molecule has 2 amide bonds. The fourth-order valence-electron chi connectivity index (χ4n) is 2.05. The van der Waals surface area contributed by atoms with E-state index in [-0.39, 0.29) is 11.8 Å². The van der Waals surface area contributed by atoms with Gasteiger partial charge in [0.15, 0.2) is 0 Å². The molecule has 0 aliphatic rings. The smallest absolute Gasteiger partial charge is 0.261 e. The van der Waals surface area contributed by atoms with Crippen molar-refractivity contribution in [2.75, 3.05) is 18.0 Å². The van der Waals surface area contributed by atoms with Gasteiger partial charge in [-0.3, -0.25) is 9.59 Å². The van der Waals surface area contributed by atoms with Gasteiger partial charge in [-0.2, -0.15) is 0 Å². The van der Waals surface area contributed by atoms with Crippen LogP contribution in [0.1, 0.15) is 22.2 Å². The minimum Gasteiger partial charge on any atom is -0.350 e. The first-order valence-corrected chi connectivity index (χ1v) is 8.52. The first kappa shape index (κ1) is 16.7. The summed E-state index contributed by atoms with van der Waals surface area (Å²) < 4.78 is 0.868. The highest BCUT2D eigenvalue weighted by molar-refractivity contribution is 9.10. The van der Waals surface area contributed by atoms with Crippen molar-refractivity contribution >= 4 is 44.8 Å². The number of amides is 2. The Morgan fingerprint density at radius 1 is 1.32 bits per heavy atom. The maximum Gasteiger partial charge on any atom is 0.261 e. The van der Waals surface area contributed by atoms with Crippen molar-refractivity contribution < 1.29 is 9.59 Å². The maximum absolute atomic E-state index is 11.9. The summed E-state index contributed by atoms with van der Waals surface area (Å²) in [4.78, 5) is 26.1. The van der Waals surface area contributed by atoms with Crippen LogP contribution in [0.25, 0.3) is 0 Å². The third-order valence-corrected chi connectivity index (χ3v) is 4.64. The Balaban J connectivity index is 2.01. The van der Waals surface area contributed by atoms with Gasteiger partial charge in [-0.15, -0.1) is 11.3 Å². The molecule has 0 saturated heterocycles. The van der Waals surface area contributed by atoms with E-state index in [1.54, 1.807) is 11.0 Å². The van der Waals surface area contributed by atoms with E-state index in [4.69, 9.17) is 0 Å². The van der Waals surface area contributed by atoms with Gasteiger partial charge in [0, 0.05) is 24.5 Å². The van der Waals surface area contributed by atoms with E-state index in [0.717, 1.165) is 15.7 Å². The van der Waals surface area contributed by atoms with Crippen LogP contribution in [0.4, 0.5) is 5.69 Å². The van der Waals surface area contributed by atoms with Crippen LogP contribution in [0.5, 0.6) is 0 Å². The summed E-state index contributed by atoms with van der Waals surface area (Å²) in [7, 11) is 0. The van der Waals surface area contributed by atoms with Gasteiger partial charge >= 0.3 is 0 Å². The summed E-state index contributed by atoms with van der Waals surface area (Å²) in [6.07, 6.45) is 0. The first-order valence-electron chi connectivity index (χ1n) is 6.85. The molecule has 0 aliphatic heterocycles. The van der Waals surface area contributed by atoms with Crippen LogP contribution in [0.15, 0.2) is 40.2 Å². The maximum atomic E-state index is 11.9. The summed E-state index contributed by atoms with van der Waals surface area (Å²) in [5.41, 5.74) is 1.92. The number of rotatable bonds is 5. The van der Waals surface area contributed by atoms with E-state index in [1.165, 1.54) is 18.3 Å². The van der Waals surface area contributed by atoms with Gasteiger partial charge in [-0.1, -0.05) is 12.1 Å². The Kier molecular flexibility index (Phi) is 5.74. The van der Waals surface area contributed by atoms with Gasteiger partial charge in [0.25, 0.3) is 5.91 Å². The zero-order valence-corrected chi connectivity index (χ0v) is 14.8. The Hall–Kier alpha value is -1.66. The number of aryl methyl sites for hydroxylation is 1. The molecule has 0 unspecified atom stereocenters. The van der Waals surface area contributed by atoms with Crippen LogP contribution in [0.2, 0.25) is 0 Å². The van der Waals surface area contributed by atoms with Crippen molar-refractivity contribution in [3.05, 3.63) is 50.6 Å². The largest absolute Gasteiger partial charge is 0.350 e. The van der Waals surface area contributed by atoms with Crippen LogP contribution < -0.4 is 10.2 Å². The number of anilines is 1. The molecule has 1 N–H and O–H groups in total. The molecule has 0 radical (unpaired) electrons. The number of carbonyl (C=O) groups excluding carboxylic acids is 2. The molecule has 6 heteroatoms. The van der Waals surface area contributed by atoms with E-state index in [0.29, 0.717) is 18.0 Å². The summed E-state index contributed by atoms with van der Waals surface area (Å²) in [6, 6.07) is 9.45. The molecule has 0 saturated carbocycles. The highest BCUT2D eigenvalue weighted by Gasteiger charge is 2.15. The van der Waals surface area contributed by atoms with Crippen LogP contribution in [-0.4, -0.2) is 24.9 Å². The molecule has 0 atom stereocenters. The Labute approximate surface area is 142 Å². The number of carbonyl (C=O) groups is 2. The first-order chi connectivity index (χ1) is 10.5. The minimum absolute atomic E-state index is 0.0603. The molecule has 1 aromatic heterocycles. The Morgan fingerprint density at radius 2 is 2.09 bits per heavy atom. The summed E-state index contributed by atoms with van der Waals surface area (Å²) in [5, 5.41) is 4.69.